The van der Waals surface area contributed by atoms with Crippen molar-refractivity contribution in [3.05, 3.63) is 63.8 Å². The molecule has 0 bridgehead atoms. The van der Waals surface area contributed by atoms with Gasteiger partial charge in [0.15, 0.2) is 5.82 Å². The van der Waals surface area contributed by atoms with Gasteiger partial charge in [0.1, 0.15) is 6.54 Å². The maximum Gasteiger partial charge on any atom is 0.264 e. The summed E-state index contributed by atoms with van der Waals surface area (Å²) in [5, 5.41) is 11.2. The molecule has 3 aromatic rings. The zero-order chi connectivity index (χ0) is 23.4. The largest absolute Gasteiger partial charge is 0.352 e. The topological polar surface area (TPSA) is 69.6 Å². The Bertz CT molecular complexity index is 1100. The van der Waals surface area contributed by atoms with Gasteiger partial charge in [-0.1, -0.05) is 35.9 Å². The highest BCUT2D eigenvalue weighted by molar-refractivity contribution is 7.12. The molecule has 4 rings (SSSR count). The van der Waals surface area contributed by atoms with Crippen molar-refractivity contribution in [3.8, 4) is 11.3 Å². The molecule has 0 atom stereocenters. The molecule has 172 valence electrons. The van der Waals surface area contributed by atoms with Crippen LogP contribution in [0.4, 0.5) is 5.82 Å². The molecule has 1 saturated heterocycles. The molecule has 2 aromatic heterocycles. The highest BCUT2D eigenvalue weighted by Gasteiger charge is 2.27. The Morgan fingerprint density at radius 2 is 1.79 bits per heavy atom. The highest BCUT2D eigenvalue weighted by Crippen LogP contribution is 2.26. The molecular weight excluding hydrogens is 458 g/mol. The predicted molar refractivity (Wildman–Crippen MR) is 132 cm³/mol. The zero-order valence-corrected chi connectivity index (χ0v) is 20.2. The summed E-state index contributed by atoms with van der Waals surface area (Å²) < 4.78 is 0. The summed E-state index contributed by atoms with van der Waals surface area (Å²) in [5.74, 6) is 0.642. The van der Waals surface area contributed by atoms with Crippen molar-refractivity contribution in [2.24, 2.45) is 0 Å². The first-order chi connectivity index (χ1) is 15.9. The van der Waals surface area contributed by atoms with Crippen LogP contribution in [0, 0.1) is 0 Å². The van der Waals surface area contributed by atoms with E-state index in [-0.39, 0.29) is 24.4 Å². The quantitative estimate of drug-likeness (QED) is 0.529. The number of nitrogens with zero attached hydrogens (tertiary/aromatic N) is 5. The van der Waals surface area contributed by atoms with Crippen LogP contribution in [0.25, 0.3) is 11.3 Å². The lowest BCUT2D eigenvalue weighted by atomic mass is 10.1. The van der Waals surface area contributed by atoms with Gasteiger partial charge in [0.05, 0.1) is 15.6 Å². The molecule has 1 aliphatic heterocycles. The molecule has 0 N–H and O–H groups in total. The fraction of sp³-hybridized carbons (Fsp3) is 0.333. The van der Waals surface area contributed by atoms with E-state index in [1.54, 1.807) is 11.0 Å². The number of thiophene rings is 1. The molecule has 0 unspecified atom stereocenters. The van der Waals surface area contributed by atoms with Gasteiger partial charge >= 0.3 is 0 Å². The fourth-order valence-electron chi connectivity index (χ4n) is 3.77. The SMILES string of the molecule is CC(C)N(CC(=O)N1CCN(c2ccc(-c3ccccc3Cl)nn2)CC1)C(=O)c1cccs1. The predicted octanol–water partition coefficient (Wildman–Crippen LogP) is 4.06. The summed E-state index contributed by atoms with van der Waals surface area (Å²) in [4.78, 5) is 32.0. The lowest BCUT2D eigenvalue weighted by Crippen LogP contribution is -2.52. The second kappa shape index (κ2) is 10.3. The van der Waals surface area contributed by atoms with E-state index < -0.39 is 0 Å². The Balaban J connectivity index is 1.35. The van der Waals surface area contributed by atoms with Crippen LogP contribution in [0.5, 0.6) is 0 Å². The average molecular weight is 484 g/mol. The number of halogens is 1. The van der Waals surface area contributed by atoms with Crippen molar-refractivity contribution in [1.82, 2.24) is 20.0 Å². The molecule has 0 spiro atoms. The van der Waals surface area contributed by atoms with E-state index in [1.807, 2.05) is 66.6 Å². The van der Waals surface area contributed by atoms with Gasteiger partial charge in [-0.15, -0.1) is 21.5 Å². The average Bonchev–Trinajstić information content (AvgIpc) is 3.37. The Morgan fingerprint density at radius 1 is 1.03 bits per heavy atom. The van der Waals surface area contributed by atoms with Crippen molar-refractivity contribution in [2.45, 2.75) is 19.9 Å². The smallest absolute Gasteiger partial charge is 0.264 e. The number of carbonyl (C=O) groups excluding carboxylic acids is 2. The maximum atomic E-state index is 12.9. The fourth-order valence-corrected chi connectivity index (χ4v) is 4.68. The van der Waals surface area contributed by atoms with E-state index in [1.165, 1.54) is 11.3 Å². The number of anilines is 1. The Hall–Kier alpha value is -2.97. The van der Waals surface area contributed by atoms with E-state index in [9.17, 15) is 9.59 Å². The molecule has 2 amide bonds. The first-order valence-electron chi connectivity index (χ1n) is 10.9. The molecule has 0 saturated carbocycles. The van der Waals surface area contributed by atoms with Crippen molar-refractivity contribution in [3.63, 3.8) is 0 Å². The molecule has 0 radical (unpaired) electrons. The van der Waals surface area contributed by atoms with Crippen LogP contribution >= 0.6 is 22.9 Å². The number of piperazine rings is 1. The summed E-state index contributed by atoms with van der Waals surface area (Å²) in [6, 6.07) is 15.0. The van der Waals surface area contributed by atoms with Gasteiger partial charge in [0.25, 0.3) is 5.91 Å². The van der Waals surface area contributed by atoms with Crippen LogP contribution in [-0.4, -0.2) is 70.6 Å². The molecule has 1 aromatic carbocycles. The third-order valence-electron chi connectivity index (χ3n) is 5.68. The second-order valence-electron chi connectivity index (χ2n) is 8.13. The third kappa shape index (κ3) is 5.34. The number of rotatable bonds is 6. The summed E-state index contributed by atoms with van der Waals surface area (Å²) >= 11 is 7.65. The lowest BCUT2D eigenvalue weighted by molar-refractivity contribution is -0.132. The summed E-state index contributed by atoms with van der Waals surface area (Å²) in [5.41, 5.74) is 1.57. The number of amides is 2. The van der Waals surface area contributed by atoms with Crippen molar-refractivity contribution in [1.29, 1.82) is 0 Å². The van der Waals surface area contributed by atoms with Gasteiger partial charge < -0.3 is 14.7 Å². The van der Waals surface area contributed by atoms with Crippen molar-refractivity contribution >= 4 is 40.6 Å². The third-order valence-corrected chi connectivity index (χ3v) is 6.87. The number of hydrogen-bond donors (Lipinski definition) is 0. The normalized spacial score (nSPS) is 13.9. The van der Waals surface area contributed by atoms with Gasteiger partial charge in [0, 0.05) is 37.8 Å². The van der Waals surface area contributed by atoms with Gasteiger partial charge in [0.2, 0.25) is 5.91 Å². The van der Waals surface area contributed by atoms with E-state index in [0.29, 0.717) is 36.1 Å². The molecule has 3 heterocycles. The summed E-state index contributed by atoms with van der Waals surface area (Å²) in [6.07, 6.45) is 0. The molecule has 1 fully saturated rings. The highest BCUT2D eigenvalue weighted by atomic mass is 35.5. The van der Waals surface area contributed by atoms with E-state index in [4.69, 9.17) is 11.6 Å². The van der Waals surface area contributed by atoms with Gasteiger partial charge in [-0.25, -0.2) is 0 Å². The molecule has 33 heavy (non-hydrogen) atoms. The second-order valence-corrected chi connectivity index (χ2v) is 9.48. The molecule has 1 aliphatic rings. The molecular formula is C24H26ClN5O2S. The number of benzene rings is 1. The van der Waals surface area contributed by atoms with E-state index in [0.717, 1.165) is 17.1 Å². The minimum atomic E-state index is -0.0964. The molecule has 7 nitrogen and oxygen atoms in total. The Kier molecular flexibility index (Phi) is 7.25. The van der Waals surface area contributed by atoms with Crippen LogP contribution in [0.3, 0.4) is 0 Å². The van der Waals surface area contributed by atoms with E-state index >= 15 is 0 Å². The minimum absolute atomic E-state index is 0.0339. The maximum absolute atomic E-state index is 12.9. The van der Waals surface area contributed by atoms with Gasteiger partial charge in [-0.3, -0.25) is 9.59 Å². The molecule has 9 heteroatoms. The Morgan fingerprint density at radius 3 is 2.39 bits per heavy atom. The van der Waals surface area contributed by atoms with Crippen LogP contribution in [0.2, 0.25) is 5.02 Å². The summed E-state index contributed by atoms with van der Waals surface area (Å²) in [7, 11) is 0. The van der Waals surface area contributed by atoms with Crippen LogP contribution in [0.15, 0.2) is 53.9 Å². The van der Waals surface area contributed by atoms with Crippen molar-refractivity contribution < 1.29 is 9.59 Å². The minimum Gasteiger partial charge on any atom is -0.352 e. The zero-order valence-electron chi connectivity index (χ0n) is 18.6. The number of aromatic nitrogens is 2. The Labute approximate surface area is 202 Å². The van der Waals surface area contributed by atoms with Gasteiger partial charge in [-0.2, -0.15) is 0 Å². The number of hydrogen-bond acceptors (Lipinski definition) is 6. The van der Waals surface area contributed by atoms with Crippen LogP contribution in [0.1, 0.15) is 23.5 Å². The molecule has 0 aliphatic carbocycles. The number of carbonyl (C=O) groups is 2. The monoisotopic (exact) mass is 483 g/mol. The van der Waals surface area contributed by atoms with Crippen LogP contribution < -0.4 is 4.90 Å². The van der Waals surface area contributed by atoms with Gasteiger partial charge in [-0.05, 0) is 43.5 Å². The lowest BCUT2D eigenvalue weighted by Gasteiger charge is -2.36. The standard InChI is InChI=1S/C24H26ClN5O2S/c1-17(2)30(24(32)21-8-5-15-33-21)16-23(31)29-13-11-28(12-14-29)22-10-9-20(26-27-22)18-6-3-4-7-19(18)25/h3-10,15,17H,11-14,16H2,1-2H3. The summed E-state index contributed by atoms with van der Waals surface area (Å²) in [6.45, 7) is 6.42. The van der Waals surface area contributed by atoms with Crippen molar-refractivity contribution in [2.75, 3.05) is 37.6 Å². The first kappa shape index (κ1) is 23.2. The van der Waals surface area contributed by atoms with E-state index in [2.05, 4.69) is 15.1 Å². The van der Waals surface area contributed by atoms with Crippen LogP contribution in [-0.2, 0) is 4.79 Å². The first-order valence-corrected chi connectivity index (χ1v) is 12.2.